The summed E-state index contributed by atoms with van der Waals surface area (Å²) in [4.78, 5) is 11.6. The van der Waals surface area contributed by atoms with Crippen molar-refractivity contribution in [1.82, 2.24) is 0 Å². The van der Waals surface area contributed by atoms with E-state index in [0.717, 1.165) is 12.1 Å². The zero-order valence-corrected chi connectivity index (χ0v) is 10.2. The van der Waals surface area contributed by atoms with Crippen LogP contribution in [0.25, 0.3) is 0 Å². The highest BCUT2D eigenvalue weighted by Crippen LogP contribution is 2.31. The van der Waals surface area contributed by atoms with Crippen molar-refractivity contribution < 1.29 is 4.79 Å². The molecule has 0 spiro atoms. The number of carbonyl (C=O) groups is 1. The highest BCUT2D eigenvalue weighted by molar-refractivity contribution is 5.90. The maximum absolute atomic E-state index is 11.6. The van der Waals surface area contributed by atoms with Crippen LogP contribution in [-0.2, 0) is 11.2 Å². The molecule has 0 atom stereocenters. The molecule has 0 saturated carbocycles. The smallest absolute Gasteiger partial charge is 0.224 e. The number of anilines is 1. The van der Waals surface area contributed by atoms with Gasteiger partial charge >= 0.3 is 0 Å². The Kier molecular flexibility index (Phi) is 3.22. The van der Waals surface area contributed by atoms with Crippen LogP contribution in [0.2, 0.25) is 0 Å². The SMILES string of the molecule is CCc1ccc(NC(=O)CCC2(C)N=N2)cc1. The Morgan fingerprint density at radius 1 is 1.29 bits per heavy atom. The van der Waals surface area contributed by atoms with Crippen LogP contribution in [0.1, 0.15) is 32.3 Å². The first-order valence-corrected chi connectivity index (χ1v) is 5.94. The summed E-state index contributed by atoms with van der Waals surface area (Å²) in [7, 11) is 0. The summed E-state index contributed by atoms with van der Waals surface area (Å²) in [5.41, 5.74) is 1.83. The Hall–Kier alpha value is -1.71. The first kappa shape index (κ1) is 11.8. The van der Waals surface area contributed by atoms with E-state index < -0.39 is 0 Å². The molecule has 0 radical (unpaired) electrons. The number of nitrogens with zero attached hydrogens (tertiary/aromatic N) is 2. The van der Waals surface area contributed by atoms with E-state index in [1.807, 2.05) is 31.2 Å². The summed E-state index contributed by atoms with van der Waals surface area (Å²) in [5.74, 6) is 0.0211. The van der Waals surface area contributed by atoms with Crippen molar-refractivity contribution in [2.45, 2.75) is 38.8 Å². The molecule has 1 aromatic carbocycles. The Labute approximate surface area is 101 Å². The third-order valence-electron chi connectivity index (χ3n) is 2.91. The van der Waals surface area contributed by atoms with Gasteiger partial charge in [-0.05, 0) is 31.0 Å². The van der Waals surface area contributed by atoms with Crippen LogP contribution in [0.3, 0.4) is 0 Å². The van der Waals surface area contributed by atoms with Crippen LogP contribution in [-0.4, -0.2) is 11.6 Å². The maximum atomic E-state index is 11.6. The Balaban J connectivity index is 1.80. The molecule has 0 unspecified atom stereocenters. The second kappa shape index (κ2) is 4.65. The molecule has 0 aromatic heterocycles. The first-order chi connectivity index (χ1) is 8.11. The topological polar surface area (TPSA) is 53.8 Å². The molecule has 2 rings (SSSR count). The minimum Gasteiger partial charge on any atom is -0.326 e. The van der Waals surface area contributed by atoms with Crippen molar-refractivity contribution in [3.05, 3.63) is 29.8 Å². The average Bonchev–Trinajstić information content (AvgIpc) is 3.07. The average molecular weight is 231 g/mol. The molecule has 1 aromatic rings. The lowest BCUT2D eigenvalue weighted by Crippen LogP contribution is -2.15. The van der Waals surface area contributed by atoms with E-state index >= 15 is 0 Å². The van der Waals surface area contributed by atoms with Gasteiger partial charge in [-0.1, -0.05) is 19.1 Å². The quantitative estimate of drug-likeness (QED) is 0.831. The van der Waals surface area contributed by atoms with Crippen molar-refractivity contribution in [3.63, 3.8) is 0 Å². The highest BCUT2D eigenvalue weighted by Gasteiger charge is 2.33. The van der Waals surface area contributed by atoms with Crippen molar-refractivity contribution in [2.24, 2.45) is 10.2 Å². The van der Waals surface area contributed by atoms with E-state index in [1.54, 1.807) is 0 Å². The highest BCUT2D eigenvalue weighted by atomic mass is 16.1. The Bertz CT molecular complexity index is 430. The molecule has 1 heterocycles. The number of benzene rings is 1. The van der Waals surface area contributed by atoms with Gasteiger partial charge in [0.25, 0.3) is 0 Å². The predicted molar refractivity (Wildman–Crippen MR) is 66.9 cm³/mol. The molecule has 4 heteroatoms. The minimum atomic E-state index is -0.288. The van der Waals surface area contributed by atoms with Crippen molar-refractivity contribution in [1.29, 1.82) is 0 Å². The van der Waals surface area contributed by atoms with Crippen LogP contribution in [0.4, 0.5) is 5.69 Å². The van der Waals surface area contributed by atoms with Crippen molar-refractivity contribution in [2.75, 3.05) is 5.32 Å². The van der Waals surface area contributed by atoms with Gasteiger partial charge in [0, 0.05) is 18.5 Å². The molecule has 0 aliphatic carbocycles. The van der Waals surface area contributed by atoms with E-state index in [2.05, 4.69) is 22.5 Å². The number of aryl methyl sites for hydroxylation is 1. The van der Waals surface area contributed by atoms with E-state index in [9.17, 15) is 4.79 Å². The number of nitrogens with one attached hydrogen (secondary N) is 1. The third kappa shape index (κ3) is 3.37. The van der Waals surface area contributed by atoms with Crippen LogP contribution in [0.5, 0.6) is 0 Å². The normalized spacial score (nSPS) is 15.6. The molecule has 1 aliphatic heterocycles. The molecule has 90 valence electrons. The molecule has 0 fully saturated rings. The van der Waals surface area contributed by atoms with Gasteiger partial charge in [-0.2, -0.15) is 10.2 Å². The number of amides is 1. The first-order valence-electron chi connectivity index (χ1n) is 5.94. The molecule has 1 amide bonds. The van der Waals surface area contributed by atoms with Crippen molar-refractivity contribution in [3.8, 4) is 0 Å². The summed E-state index contributed by atoms with van der Waals surface area (Å²) in [6.45, 7) is 4.03. The predicted octanol–water partition coefficient (Wildman–Crippen LogP) is 3.15. The fraction of sp³-hybridized carbons (Fsp3) is 0.462. The summed E-state index contributed by atoms with van der Waals surface area (Å²) in [5, 5.41) is 10.6. The lowest BCUT2D eigenvalue weighted by Gasteiger charge is -2.07. The van der Waals surface area contributed by atoms with Gasteiger partial charge < -0.3 is 5.32 Å². The summed E-state index contributed by atoms with van der Waals surface area (Å²) in [6.07, 6.45) is 2.15. The summed E-state index contributed by atoms with van der Waals surface area (Å²) < 4.78 is 0. The third-order valence-corrected chi connectivity index (χ3v) is 2.91. The number of carbonyl (C=O) groups excluding carboxylic acids is 1. The van der Waals surface area contributed by atoms with Gasteiger partial charge in [-0.3, -0.25) is 4.79 Å². The van der Waals surface area contributed by atoms with Gasteiger partial charge in [0.15, 0.2) is 5.66 Å². The lowest BCUT2D eigenvalue weighted by atomic mass is 10.1. The number of hydrogen-bond acceptors (Lipinski definition) is 3. The van der Waals surface area contributed by atoms with Gasteiger partial charge in [0.1, 0.15) is 0 Å². The van der Waals surface area contributed by atoms with Gasteiger partial charge in [0.2, 0.25) is 5.91 Å². The number of rotatable bonds is 5. The van der Waals surface area contributed by atoms with Gasteiger partial charge in [-0.15, -0.1) is 0 Å². The van der Waals surface area contributed by atoms with Crippen LogP contribution in [0, 0.1) is 0 Å². The second-order valence-electron chi connectivity index (χ2n) is 4.52. The molecule has 0 bridgehead atoms. The molecular formula is C13H17N3O. The van der Waals surface area contributed by atoms with E-state index in [0.29, 0.717) is 12.8 Å². The zero-order valence-electron chi connectivity index (χ0n) is 10.2. The summed E-state index contributed by atoms with van der Waals surface area (Å²) >= 11 is 0. The monoisotopic (exact) mass is 231 g/mol. The van der Waals surface area contributed by atoms with Crippen molar-refractivity contribution >= 4 is 11.6 Å². The molecule has 1 aliphatic rings. The van der Waals surface area contributed by atoms with Crippen LogP contribution < -0.4 is 5.32 Å². The zero-order chi connectivity index (χ0) is 12.3. The van der Waals surface area contributed by atoms with E-state index in [1.165, 1.54) is 5.56 Å². The maximum Gasteiger partial charge on any atom is 0.224 e. The van der Waals surface area contributed by atoms with E-state index in [-0.39, 0.29) is 11.6 Å². The standard InChI is InChI=1S/C13H17N3O/c1-3-10-4-6-11(7-5-10)14-12(17)8-9-13(2)15-16-13/h4-7H,3,8-9H2,1-2H3,(H,14,17). The van der Waals surface area contributed by atoms with Gasteiger partial charge in [-0.25, -0.2) is 0 Å². The fourth-order valence-corrected chi connectivity index (χ4v) is 1.58. The van der Waals surface area contributed by atoms with Crippen LogP contribution >= 0.6 is 0 Å². The van der Waals surface area contributed by atoms with E-state index in [4.69, 9.17) is 0 Å². The minimum absolute atomic E-state index is 0.0211. The van der Waals surface area contributed by atoms with Gasteiger partial charge in [0.05, 0.1) is 0 Å². The second-order valence-corrected chi connectivity index (χ2v) is 4.52. The Morgan fingerprint density at radius 2 is 1.94 bits per heavy atom. The molecule has 17 heavy (non-hydrogen) atoms. The summed E-state index contributed by atoms with van der Waals surface area (Å²) in [6, 6.07) is 7.93. The van der Waals surface area contributed by atoms with Crippen LogP contribution in [0.15, 0.2) is 34.5 Å². The number of hydrogen-bond donors (Lipinski definition) is 1. The largest absolute Gasteiger partial charge is 0.326 e. The molecule has 0 saturated heterocycles. The fourth-order valence-electron chi connectivity index (χ4n) is 1.58. The lowest BCUT2D eigenvalue weighted by molar-refractivity contribution is -0.116. The molecular weight excluding hydrogens is 214 g/mol. The Morgan fingerprint density at radius 3 is 2.47 bits per heavy atom. The molecule has 1 N–H and O–H groups in total. The molecule has 4 nitrogen and oxygen atoms in total.